The lowest BCUT2D eigenvalue weighted by Gasteiger charge is -2.22. The van der Waals surface area contributed by atoms with Crippen molar-refractivity contribution in [3.05, 3.63) is 125 Å². The summed E-state index contributed by atoms with van der Waals surface area (Å²) in [7, 11) is 0. The van der Waals surface area contributed by atoms with E-state index in [0.29, 0.717) is 40.2 Å². The summed E-state index contributed by atoms with van der Waals surface area (Å²) in [5.74, 6) is 0.265. The van der Waals surface area contributed by atoms with Crippen LogP contribution in [0.1, 0.15) is 23.8 Å². The lowest BCUT2D eigenvalue weighted by atomic mass is 10.00. The van der Waals surface area contributed by atoms with E-state index in [1.165, 1.54) is 17.1 Å². The van der Waals surface area contributed by atoms with Gasteiger partial charge in [0.25, 0.3) is 11.6 Å². The maximum absolute atomic E-state index is 14.2. The first-order valence-electron chi connectivity index (χ1n) is 13.8. The van der Waals surface area contributed by atoms with Gasteiger partial charge >= 0.3 is 0 Å². The third-order valence-electron chi connectivity index (χ3n) is 7.89. The van der Waals surface area contributed by atoms with E-state index in [0.717, 1.165) is 27.3 Å². The normalized spacial score (nSPS) is 15.1. The van der Waals surface area contributed by atoms with Crippen LogP contribution >= 0.6 is 0 Å². The van der Waals surface area contributed by atoms with Crippen molar-refractivity contribution in [2.45, 2.75) is 19.0 Å². The van der Waals surface area contributed by atoms with E-state index < -0.39 is 11.0 Å². The van der Waals surface area contributed by atoms with E-state index in [1.807, 2.05) is 83.4 Å². The zero-order valence-corrected chi connectivity index (χ0v) is 22.6. The van der Waals surface area contributed by atoms with Gasteiger partial charge < -0.3 is 8.98 Å². The smallest absolute Gasteiger partial charge is 0.269 e. The summed E-state index contributed by atoms with van der Waals surface area (Å²) in [6.45, 7) is -0.0562. The molecular formula is C33H22N6O4. The Labute approximate surface area is 243 Å². The van der Waals surface area contributed by atoms with Crippen molar-refractivity contribution in [2.24, 2.45) is 5.10 Å². The summed E-state index contributed by atoms with van der Waals surface area (Å²) in [5, 5.41) is 19.6. The molecule has 10 heteroatoms. The average Bonchev–Trinajstić information content (AvgIpc) is 3.75. The molecule has 4 aromatic carbocycles. The van der Waals surface area contributed by atoms with Gasteiger partial charge in [-0.3, -0.25) is 14.9 Å². The largest absolute Gasteiger partial charge is 0.455 e. The molecule has 0 bridgehead atoms. The second-order valence-electron chi connectivity index (χ2n) is 10.5. The van der Waals surface area contributed by atoms with Crippen molar-refractivity contribution in [3.63, 3.8) is 0 Å². The van der Waals surface area contributed by atoms with Gasteiger partial charge in [0.05, 0.1) is 27.5 Å². The number of carbonyl (C=O) groups is 1. The first-order chi connectivity index (χ1) is 21.0. The summed E-state index contributed by atoms with van der Waals surface area (Å²) >= 11 is 0. The molecule has 3 aromatic heterocycles. The molecule has 0 saturated heterocycles. The number of para-hydroxylation sites is 4. The molecule has 1 unspecified atom stereocenters. The number of non-ortho nitro benzene ring substituents is 1. The van der Waals surface area contributed by atoms with E-state index >= 15 is 0 Å². The lowest BCUT2D eigenvalue weighted by Crippen LogP contribution is -2.30. The molecule has 1 atom stereocenters. The van der Waals surface area contributed by atoms with Gasteiger partial charge in [-0.25, -0.2) is 15.0 Å². The number of hydrazone groups is 1. The Hall–Kier alpha value is -5.90. The van der Waals surface area contributed by atoms with Crippen LogP contribution in [0.4, 0.5) is 5.69 Å². The number of benzene rings is 4. The summed E-state index contributed by atoms with van der Waals surface area (Å²) in [4.78, 5) is 35.1. The maximum Gasteiger partial charge on any atom is 0.269 e. The van der Waals surface area contributed by atoms with Gasteiger partial charge in [-0.2, -0.15) is 5.10 Å². The number of nitro groups is 1. The third-order valence-corrected chi connectivity index (χ3v) is 7.89. The SMILES string of the molecule is O=C(Cn1c2ccccc2c2nc3ccccc3nc21)N1N=C(c2cc3ccccc3o2)CC1c1cccc([N+](=O)[O-])c1. The topological polar surface area (TPSA) is 120 Å². The minimum Gasteiger partial charge on any atom is -0.455 e. The second-order valence-corrected chi connectivity index (χ2v) is 10.5. The molecule has 1 amide bonds. The number of nitro benzene ring substituents is 1. The molecule has 0 aliphatic carbocycles. The van der Waals surface area contributed by atoms with Crippen LogP contribution in [0.15, 0.2) is 113 Å². The molecule has 0 radical (unpaired) electrons. The van der Waals surface area contributed by atoms with E-state index in [4.69, 9.17) is 19.5 Å². The van der Waals surface area contributed by atoms with Crippen LogP contribution in [-0.2, 0) is 11.3 Å². The fraction of sp³-hybridized carbons (Fsp3) is 0.0909. The molecule has 1 aliphatic rings. The molecule has 43 heavy (non-hydrogen) atoms. The molecule has 1 aliphatic heterocycles. The zero-order valence-electron chi connectivity index (χ0n) is 22.6. The quantitative estimate of drug-likeness (QED) is 0.168. The Balaban J connectivity index is 1.24. The molecule has 0 N–H and O–H groups in total. The second kappa shape index (κ2) is 9.59. The van der Waals surface area contributed by atoms with Gasteiger partial charge in [0.1, 0.15) is 23.4 Å². The Morgan fingerprint density at radius 1 is 0.907 bits per heavy atom. The minimum atomic E-state index is -0.560. The number of fused-ring (bicyclic) bond motifs is 5. The molecular weight excluding hydrogens is 544 g/mol. The summed E-state index contributed by atoms with van der Waals surface area (Å²) < 4.78 is 7.95. The highest BCUT2D eigenvalue weighted by Crippen LogP contribution is 2.36. The number of furan rings is 1. The molecule has 10 nitrogen and oxygen atoms in total. The molecule has 7 aromatic rings. The highest BCUT2D eigenvalue weighted by Gasteiger charge is 2.35. The lowest BCUT2D eigenvalue weighted by molar-refractivity contribution is -0.385. The highest BCUT2D eigenvalue weighted by atomic mass is 16.6. The summed E-state index contributed by atoms with van der Waals surface area (Å²) in [5.41, 5.74) is 5.51. The number of aromatic nitrogens is 3. The van der Waals surface area contributed by atoms with E-state index in [9.17, 15) is 14.9 Å². The van der Waals surface area contributed by atoms with Crippen molar-refractivity contribution < 1.29 is 14.1 Å². The van der Waals surface area contributed by atoms with Crippen LogP contribution in [0.3, 0.4) is 0 Å². The minimum absolute atomic E-state index is 0.0494. The fourth-order valence-corrected chi connectivity index (χ4v) is 5.87. The van der Waals surface area contributed by atoms with Crippen molar-refractivity contribution in [3.8, 4) is 0 Å². The third kappa shape index (κ3) is 4.11. The van der Waals surface area contributed by atoms with Crippen LogP contribution in [0.5, 0.6) is 0 Å². The Bertz CT molecular complexity index is 2250. The van der Waals surface area contributed by atoms with E-state index in [1.54, 1.807) is 12.1 Å². The molecule has 0 saturated carbocycles. The number of carbonyl (C=O) groups excluding carboxylic acids is 1. The van der Waals surface area contributed by atoms with E-state index in [-0.39, 0.29) is 18.1 Å². The van der Waals surface area contributed by atoms with Gasteiger partial charge in [0.2, 0.25) is 0 Å². The van der Waals surface area contributed by atoms with Gasteiger partial charge in [0, 0.05) is 29.3 Å². The molecule has 208 valence electrons. The zero-order chi connectivity index (χ0) is 29.1. The van der Waals surface area contributed by atoms with Gasteiger partial charge in [0.15, 0.2) is 11.4 Å². The maximum atomic E-state index is 14.2. The highest BCUT2D eigenvalue weighted by molar-refractivity contribution is 6.07. The van der Waals surface area contributed by atoms with Crippen LogP contribution in [0.25, 0.3) is 44.1 Å². The predicted molar refractivity (Wildman–Crippen MR) is 163 cm³/mol. The summed E-state index contributed by atoms with van der Waals surface area (Å²) in [6, 6.07) is 30.8. The average molecular weight is 567 g/mol. The van der Waals surface area contributed by atoms with E-state index in [2.05, 4.69) is 0 Å². The van der Waals surface area contributed by atoms with Gasteiger partial charge in [-0.15, -0.1) is 0 Å². The molecule has 0 spiro atoms. The predicted octanol–water partition coefficient (Wildman–Crippen LogP) is 6.77. The van der Waals surface area contributed by atoms with Crippen molar-refractivity contribution in [1.29, 1.82) is 0 Å². The Morgan fingerprint density at radius 2 is 1.67 bits per heavy atom. The number of amides is 1. The summed E-state index contributed by atoms with van der Waals surface area (Å²) in [6.07, 6.45) is 0.338. The molecule has 4 heterocycles. The standard InChI is InChI=1S/C33H22N6O4/c40-31(19-37-27-14-5-2-11-23(27)32-33(37)35-25-13-4-3-12-24(25)34-32)38-28(20-9-7-10-22(16-20)39(41)42)18-26(36-38)30-17-21-8-1-6-15-29(21)43-30/h1-17,28H,18-19H2. The first-order valence-corrected chi connectivity index (χ1v) is 13.8. The Kier molecular flexibility index (Phi) is 5.54. The number of nitrogens with zero attached hydrogens (tertiary/aromatic N) is 6. The fourth-order valence-electron chi connectivity index (χ4n) is 5.87. The van der Waals surface area contributed by atoms with Crippen molar-refractivity contribution in [2.75, 3.05) is 0 Å². The van der Waals surface area contributed by atoms with Crippen molar-refractivity contribution in [1.82, 2.24) is 19.5 Å². The number of hydrogen-bond acceptors (Lipinski definition) is 7. The van der Waals surface area contributed by atoms with Crippen LogP contribution in [-0.4, -0.2) is 36.1 Å². The first kappa shape index (κ1) is 24.9. The van der Waals surface area contributed by atoms with Crippen LogP contribution in [0.2, 0.25) is 0 Å². The molecule has 0 fully saturated rings. The van der Waals surface area contributed by atoms with Gasteiger partial charge in [-0.1, -0.05) is 60.7 Å². The van der Waals surface area contributed by atoms with Crippen LogP contribution in [0, 0.1) is 10.1 Å². The van der Waals surface area contributed by atoms with Crippen LogP contribution < -0.4 is 0 Å². The molecule has 8 rings (SSSR count). The van der Waals surface area contributed by atoms with Crippen molar-refractivity contribution >= 4 is 61.4 Å². The monoisotopic (exact) mass is 566 g/mol. The Morgan fingerprint density at radius 3 is 2.51 bits per heavy atom. The number of hydrogen-bond donors (Lipinski definition) is 0. The van der Waals surface area contributed by atoms with Gasteiger partial charge in [-0.05, 0) is 35.9 Å². The number of rotatable bonds is 5.